The van der Waals surface area contributed by atoms with Gasteiger partial charge in [0.15, 0.2) is 0 Å². The number of carbonyl (C=O) groups excluding carboxylic acids is 1. The molecule has 1 amide bonds. The summed E-state index contributed by atoms with van der Waals surface area (Å²) in [6.45, 7) is 6.67. The Labute approximate surface area is 188 Å². The monoisotopic (exact) mass is 462 g/mol. The fourth-order valence-electron chi connectivity index (χ4n) is 4.12. The first kappa shape index (κ1) is 22.3. The van der Waals surface area contributed by atoms with Gasteiger partial charge in [0, 0.05) is 55.5 Å². The molecule has 3 heterocycles. The Morgan fingerprint density at radius 1 is 1.03 bits per heavy atom. The Morgan fingerprint density at radius 2 is 1.74 bits per heavy atom. The number of aryl methyl sites for hydroxylation is 1. The number of nitrogens with zero attached hydrogens (tertiary/aromatic N) is 3. The van der Waals surface area contributed by atoms with Gasteiger partial charge in [0.25, 0.3) is 10.0 Å². The summed E-state index contributed by atoms with van der Waals surface area (Å²) in [4.78, 5) is 18.5. The lowest BCUT2D eigenvalue weighted by molar-refractivity contribution is -0.120. The Kier molecular flexibility index (Phi) is 6.66. The minimum absolute atomic E-state index is 0.116. The average Bonchev–Trinajstić information content (AvgIpc) is 3.22. The molecule has 0 aliphatic carbocycles. The molecule has 2 fully saturated rings. The number of piperidine rings is 1. The SMILES string of the molecule is Cc1ccc(S(=O)(=O)N2CCC[C@@H](C(=O)Nc3ccc(N4CCN(C)CC4)cc3)C2)s1. The molecule has 31 heavy (non-hydrogen) atoms. The third-order valence-electron chi connectivity index (χ3n) is 6.07. The predicted molar refractivity (Wildman–Crippen MR) is 125 cm³/mol. The van der Waals surface area contributed by atoms with E-state index in [1.165, 1.54) is 15.6 Å². The van der Waals surface area contributed by atoms with Crippen molar-refractivity contribution in [1.29, 1.82) is 0 Å². The summed E-state index contributed by atoms with van der Waals surface area (Å²) in [5.74, 6) is -0.462. The minimum atomic E-state index is -3.54. The topological polar surface area (TPSA) is 73.0 Å². The predicted octanol–water partition coefficient (Wildman–Crippen LogP) is 2.85. The molecule has 0 saturated carbocycles. The average molecular weight is 463 g/mol. The zero-order valence-electron chi connectivity index (χ0n) is 18.1. The maximum atomic E-state index is 12.9. The molecular weight excluding hydrogens is 432 g/mol. The zero-order valence-corrected chi connectivity index (χ0v) is 19.7. The van der Waals surface area contributed by atoms with Crippen molar-refractivity contribution < 1.29 is 13.2 Å². The van der Waals surface area contributed by atoms with Crippen LogP contribution in [0.5, 0.6) is 0 Å². The molecule has 0 spiro atoms. The standard InChI is InChI=1S/C22H30N4O3S2/c1-17-5-10-21(30-17)31(28,29)26-11-3-4-18(16-26)22(27)23-19-6-8-20(9-7-19)25-14-12-24(2)13-15-25/h5-10,18H,3-4,11-16H2,1-2H3,(H,23,27)/t18-/m1/s1. The lowest BCUT2D eigenvalue weighted by atomic mass is 9.98. The molecule has 4 rings (SSSR count). The summed E-state index contributed by atoms with van der Waals surface area (Å²) in [7, 11) is -1.41. The molecule has 0 bridgehead atoms. The van der Waals surface area contributed by atoms with E-state index < -0.39 is 10.0 Å². The van der Waals surface area contributed by atoms with Crippen LogP contribution in [0.25, 0.3) is 0 Å². The minimum Gasteiger partial charge on any atom is -0.369 e. The van der Waals surface area contributed by atoms with Gasteiger partial charge in [-0.15, -0.1) is 11.3 Å². The van der Waals surface area contributed by atoms with E-state index in [4.69, 9.17) is 0 Å². The summed E-state index contributed by atoms with van der Waals surface area (Å²) < 4.78 is 27.7. The van der Waals surface area contributed by atoms with E-state index in [0.717, 1.165) is 42.4 Å². The van der Waals surface area contributed by atoms with Crippen LogP contribution in [0.3, 0.4) is 0 Å². The Hall–Kier alpha value is -1.94. The fourth-order valence-corrected chi connectivity index (χ4v) is 7.08. The number of rotatable bonds is 5. The number of carbonyl (C=O) groups is 1. The summed E-state index contributed by atoms with van der Waals surface area (Å²) in [6, 6.07) is 11.4. The van der Waals surface area contributed by atoms with Crippen LogP contribution in [0.2, 0.25) is 0 Å². The van der Waals surface area contributed by atoms with Gasteiger partial charge < -0.3 is 15.1 Å². The Balaban J connectivity index is 1.37. The lowest BCUT2D eigenvalue weighted by Crippen LogP contribution is -2.44. The third-order valence-corrected chi connectivity index (χ3v) is 9.40. The highest BCUT2D eigenvalue weighted by Crippen LogP contribution is 2.29. The van der Waals surface area contributed by atoms with Crippen molar-refractivity contribution in [1.82, 2.24) is 9.21 Å². The highest BCUT2D eigenvalue weighted by atomic mass is 32.2. The van der Waals surface area contributed by atoms with Crippen molar-refractivity contribution in [3.63, 3.8) is 0 Å². The van der Waals surface area contributed by atoms with Crippen LogP contribution >= 0.6 is 11.3 Å². The zero-order chi connectivity index (χ0) is 22.0. The number of sulfonamides is 1. The van der Waals surface area contributed by atoms with Crippen molar-refractivity contribution in [2.75, 3.05) is 56.5 Å². The second-order valence-electron chi connectivity index (χ2n) is 8.39. The van der Waals surface area contributed by atoms with Crippen molar-refractivity contribution in [2.24, 2.45) is 5.92 Å². The van der Waals surface area contributed by atoms with Crippen LogP contribution < -0.4 is 10.2 Å². The number of thiophene rings is 1. The number of benzene rings is 1. The van der Waals surface area contributed by atoms with Gasteiger partial charge in [0.2, 0.25) is 5.91 Å². The maximum absolute atomic E-state index is 12.9. The van der Waals surface area contributed by atoms with E-state index in [2.05, 4.69) is 22.2 Å². The largest absolute Gasteiger partial charge is 0.369 e. The second kappa shape index (κ2) is 9.28. The van der Waals surface area contributed by atoms with Crippen LogP contribution in [-0.4, -0.2) is 69.8 Å². The van der Waals surface area contributed by atoms with Crippen molar-refractivity contribution >= 4 is 38.6 Å². The summed E-state index contributed by atoms with van der Waals surface area (Å²) in [5, 5.41) is 2.98. The number of amides is 1. The highest BCUT2D eigenvalue weighted by molar-refractivity contribution is 7.91. The van der Waals surface area contributed by atoms with E-state index in [1.807, 2.05) is 37.3 Å². The van der Waals surface area contributed by atoms with E-state index in [9.17, 15) is 13.2 Å². The smallest absolute Gasteiger partial charge is 0.252 e. The molecule has 2 aliphatic heterocycles. The molecule has 1 N–H and O–H groups in total. The third kappa shape index (κ3) is 5.11. The Bertz CT molecular complexity index is 1010. The van der Waals surface area contributed by atoms with Crippen molar-refractivity contribution in [3.05, 3.63) is 41.3 Å². The quantitative estimate of drug-likeness (QED) is 0.740. The first-order chi connectivity index (χ1) is 14.8. The molecule has 1 aromatic heterocycles. The number of anilines is 2. The van der Waals surface area contributed by atoms with Gasteiger partial charge in [-0.2, -0.15) is 4.31 Å². The van der Waals surface area contributed by atoms with Crippen molar-refractivity contribution in [2.45, 2.75) is 24.0 Å². The second-order valence-corrected chi connectivity index (χ2v) is 11.8. The van der Waals surface area contributed by atoms with E-state index in [1.54, 1.807) is 6.07 Å². The summed E-state index contributed by atoms with van der Waals surface area (Å²) >= 11 is 1.28. The van der Waals surface area contributed by atoms with Gasteiger partial charge in [-0.25, -0.2) is 8.42 Å². The molecule has 1 atom stereocenters. The van der Waals surface area contributed by atoms with E-state index >= 15 is 0 Å². The fraction of sp³-hybridized carbons (Fsp3) is 0.500. The molecule has 7 nitrogen and oxygen atoms in total. The number of hydrogen-bond donors (Lipinski definition) is 1. The van der Waals surface area contributed by atoms with Crippen LogP contribution in [0.1, 0.15) is 17.7 Å². The number of piperazine rings is 1. The number of likely N-dealkylation sites (N-methyl/N-ethyl adjacent to an activating group) is 1. The van der Waals surface area contributed by atoms with Crippen LogP contribution in [-0.2, 0) is 14.8 Å². The molecule has 9 heteroatoms. The van der Waals surface area contributed by atoms with Gasteiger partial charge in [0.1, 0.15) is 4.21 Å². The van der Waals surface area contributed by atoms with Gasteiger partial charge in [-0.1, -0.05) is 0 Å². The van der Waals surface area contributed by atoms with Crippen LogP contribution in [0.4, 0.5) is 11.4 Å². The summed E-state index contributed by atoms with van der Waals surface area (Å²) in [5.41, 5.74) is 1.91. The molecule has 2 aromatic rings. The van der Waals surface area contributed by atoms with Crippen LogP contribution in [0.15, 0.2) is 40.6 Å². The molecule has 2 aliphatic rings. The first-order valence-electron chi connectivity index (χ1n) is 10.7. The maximum Gasteiger partial charge on any atom is 0.252 e. The van der Waals surface area contributed by atoms with Gasteiger partial charge in [-0.05, 0) is 63.2 Å². The highest BCUT2D eigenvalue weighted by Gasteiger charge is 2.34. The van der Waals surface area contributed by atoms with E-state index in [-0.39, 0.29) is 18.4 Å². The molecular formula is C22H30N4O3S2. The molecule has 2 saturated heterocycles. The lowest BCUT2D eigenvalue weighted by Gasteiger charge is -2.34. The Morgan fingerprint density at radius 3 is 2.39 bits per heavy atom. The number of nitrogens with one attached hydrogen (secondary N) is 1. The number of hydrogen-bond acceptors (Lipinski definition) is 6. The van der Waals surface area contributed by atoms with Gasteiger partial charge in [0.05, 0.1) is 5.92 Å². The first-order valence-corrected chi connectivity index (χ1v) is 13.0. The van der Waals surface area contributed by atoms with Crippen molar-refractivity contribution in [3.8, 4) is 0 Å². The molecule has 0 radical (unpaired) electrons. The van der Waals surface area contributed by atoms with E-state index in [0.29, 0.717) is 23.6 Å². The molecule has 168 valence electrons. The van der Waals surface area contributed by atoms with Gasteiger partial charge in [-0.3, -0.25) is 4.79 Å². The van der Waals surface area contributed by atoms with Crippen LogP contribution in [0, 0.1) is 12.8 Å². The molecule has 0 unspecified atom stereocenters. The molecule has 1 aromatic carbocycles. The van der Waals surface area contributed by atoms with Gasteiger partial charge >= 0.3 is 0 Å². The summed E-state index contributed by atoms with van der Waals surface area (Å²) in [6.07, 6.45) is 1.38. The normalized spacial score (nSPS) is 21.2.